The summed E-state index contributed by atoms with van der Waals surface area (Å²) in [6.07, 6.45) is 7.65. The Balaban J connectivity index is 1.89. The minimum absolute atomic E-state index is 0.0284. The second kappa shape index (κ2) is 5.80. The summed E-state index contributed by atoms with van der Waals surface area (Å²) in [7, 11) is 0. The summed E-state index contributed by atoms with van der Waals surface area (Å²) in [5.74, 6) is -0.845. The Morgan fingerprint density at radius 2 is 1.89 bits per heavy atom. The number of carbonyl (C=O) groups excluding carboxylic acids is 1. The van der Waals surface area contributed by atoms with Crippen molar-refractivity contribution >= 4 is 12.0 Å². The van der Waals surface area contributed by atoms with Crippen LogP contribution in [0, 0.1) is 0 Å². The number of hydrogen-bond acceptors (Lipinski definition) is 2. The summed E-state index contributed by atoms with van der Waals surface area (Å²) in [4.78, 5) is 24.7. The molecule has 2 N–H and O–H groups in total. The van der Waals surface area contributed by atoms with Crippen molar-refractivity contribution in [2.75, 3.05) is 6.54 Å². The van der Waals surface area contributed by atoms with E-state index in [9.17, 15) is 9.59 Å². The zero-order valence-corrected chi connectivity index (χ0v) is 11.7. The molecule has 2 aliphatic carbocycles. The van der Waals surface area contributed by atoms with Gasteiger partial charge in [0.15, 0.2) is 0 Å². The summed E-state index contributed by atoms with van der Waals surface area (Å²) >= 11 is 0. The molecule has 0 atom stereocenters. The van der Waals surface area contributed by atoms with E-state index < -0.39 is 5.97 Å². The molecule has 2 amide bonds. The highest BCUT2D eigenvalue weighted by molar-refractivity contribution is 5.76. The van der Waals surface area contributed by atoms with Gasteiger partial charge in [-0.3, -0.25) is 4.79 Å². The summed E-state index contributed by atoms with van der Waals surface area (Å²) in [5.41, 5.74) is -0.105. The Hall–Kier alpha value is -1.26. The zero-order valence-electron chi connectivity index (χ0n) is 11.7. The van der Waals surface area contributed by atoms with Crippen LogP contribution in [0.5, 0.6) is 0 Å². The van der Waals surface area contributed by atoms with Crippen LogP contribution in [0.3, 0.4) is 0 Å². The molecule has 2 rings (SSSR count). The van der Waals surface area contributed by atoms with Crippen LogP contribution in [-0.4, -0.2) is 40.1 Å². The van der Waals surface area contributed by atoms with Crippen LogP contribution < -0.4 is 5.32 Å². The van der Waals surface area contributed by atoms with E-state index in [-0.39, 0.29) is 24.0 Å². The normalized spacial score (nSPS) is 21.7. The average Bonchev–Trinajstić information content (AvgIpc) is 3.13. The van der Waals surface area contributed by atoms with E-state index in [2.05, 4.69) is 12.2 Å². The lowest BCUT2D eigenvalue weighted by Crippen LogP contribution is -2.53. The van der Waals surface area contributed by atoms with Crippen molar-refractivity contribution in [1.82, 2.24) is 10.2 Å². The molecule has 0 spiro atoms. The van der Waals surface area contributed by atoms with E-state index in [0.717, 1.165) is 38.5 Å². The van der Waals surface area contributed by atoms with Crippen LogP contribution in [0.1, 0.15) is 58.3 Å². The Kier molecular flexibility index (Phi) is 4.32. The second-order valence-electron chi connectivity index (χ2n) is 6.12. The largest absolute Gasteiger partial charge is 0.481 e. The maximum atomic E-state index is 12.3. The molecule has 0 aromatic rings. The van der Waals surface area contributed by atoms with Crippen molar-refractivity contribution in [2.45, 2.75) is 69.9 Å². The van der Waals surface area contributed by atoms with E-state index in [0.29, 0.717) is 6.54 Å². The van der Waals surface area contributed by atoms with Crippen LogP contribution in [0.25, 0.3) is 0 Å². The fourth-order valence-electron chi connectivity index (χ4n) is 2.84. The van der Waals surface area contributed by atoms with Gasteiger partial charge in [0, 0.05) is 18.1 Å². The number of nitrogens with one attached hydrogen (secondary N) is 1. The SMILES string of the molecule is CC1(NC(=O)N(CCC(=O)O)C2CC2)CCCCC1. The molecule has 0 aromatic heterocycles. The van der Waals surface area contributed by atoms with Gasteiger partial charge in [-0.15, -0.1) is 0 Å². The first kappa shape index (κ1) is 14.2. The highest BCUT2D eigenvalue weighted by atomic mass is 16.4. The van der Waals surface area contributed by atoms with Gasteiger partial charge in [-0.05, 0) is 32.6 Å². The van der Waals surface area contributed by atoms with Crippen LogP contribution in [0.2, 0.25) is 0 Å². The van der Waals surface area contributed by atoms with Crippen LogP contribution in [-0.2, 0) is 4.79 Å². The third-order valence-corrected chi connectivity index (χ3v) is 4.18. The Bertz CT molecular complexity index is 347. The van der Waals surface area contributed by atoms with E-state index in [4.69, 9.17) is 5.11 Å². The molecule has 0 aliphatic heterocycles. The molecule has 2 fully saturated rings. The fourth-order valence-corrected chi connectivity index (χ4v) is 2.84. The number of carbonyl (C=O) groups is 2. The maximum Gasteiger partial charge on any atom is 0.318 e. The van der Waals surface area contributed by atoms with Gasteiger partial charge in [0.25, 0.3) is 0 Å². The van der Waals surface area contributed by atoms with Crippen molar-refractivity contribution in [3.63, 3.8) is 0 Å². The smallest absolute Gasteiger partial charge is 0.318 e. The van der Waals surface area contributed by atoms with Gasteiger partial charge in [-0.25, -0.2) is 4.79 Å². The van der Waals surface area contributed by atoms with E-state index in [1.807, 2.05) is 0 Å². The number of nitrogens with zero attached hydrogens (tertiary/aromatic N) is 1. The molecular weight excluding hydrogens is 244 g/mol. The minimum Gasteiger partial charge on any atom is -0.481 e. The molecule has 5 nitrogen and oxygen atoms in total. The van der Waals surface area contributed by atoms with Gasteiger partial charge in [0.1, 0.15) is 0 Å². The minimum atomic E-state index is -0.845. The number of aliphatic carboxylic acids is 1. The second-order valence-corrected chi connectivity index (χ2v) is 6.12. The van der Waals surface area contributed by atoms with Crippen molar-refractivity contribution in [1.29, 1.82) is 0 Å². The first-order chi connectivity index (χ1) is 9.00. The first-order valence-corrected chi connectivity index (χ1v) is 7.31. The fraction of sp³-hybridized carbons (Fsp3) is 0.857. The third-order valence-electron chi connectivity index (χ3n) is 4.18. The average molecular weight is 268 g/mol. The highest BCUT2D eigenvalue weighted by Crippen LogP contribution is 2.30. The van der Waals surface area contributed by atoms with Crippen molar-refractivity contribution < 1.29 is 14.7 Å². The number of rotatable bonds is 5. The van der Waals surface area contributed by atoms with Gasteiger partial charge in [0.2, 0.25) is 0 Å². The molecule has 2 aliphatic rings. The van der Waals surface area contributed by atoms with Gasteiger partial charge >= 0.3 is 12.0 Å². The summed E-state index contributed by atoms with van der Waals surface area (Å²) in [6, 6.07) is 0.180. The molecule has 108 valence electrons. The Morgan fingerprint density at radius 3 is 2.42 bits per heavy atom. The van der Waals surface area contributed by atoms with Gasteiger partial charge < -0.3 is 15.3 Å². The van der Waals surface area contributed by atoms with Crippen molar-refractivity contribution in [3.05, 3.63) is 0 Å². The van der Waals surface area contributed by atoms with E-state index in [1.54, 1.807) is 4.90 Å². The summed E-state index contributed by atoms with van der Waals surface area (Å²) in [6.45, 7) is 2.42. The van der Waals surface area contributed by atoms with Gasteiger partial charge in [-0.2, -0.15) is 0 Å². The Labute approximate surface area is 114 Å². The molecular formula is C14H24N2O3. The quantitative estimate of drug-likeness (QED) is 0.804. The molecule has 0 aromatic carbocycles. The zero-order chi connectivity index (χ0) is 13.9. The standard InChI is InChI=1S/C14H24N2O3/c1-14(8-3-2-4-9-14)15-13(19)16(11-5-6-11)10-7-12(17)18/h11H,2-10H2,1H3,(H,15,19)(H,17,18). The topological polar surface area (TPSA) is 69.6 Å². The van der Waals surface area contributed by atoms with Gasteiger partial charge in [-0.1, -0.05) is 19.3 Å². The molecule has 5 heteroatoms. The molecule has 0 unspecified atom stereocenters. The first-order valence-electron chi connectivity index (χ1n) is 7.31. The van der Waals surface area contributed by atoms with Crippen LogP contribution in [0.4, 0.5) is 4.79 Å². The van der Waals surface area contributed by atoms with Crippen LogP contribution >= 0.6 is 0 Å². The summed E-state index contributed by atoms with van der Waals surface area (Å²) in [5, 5.41) is 11.9. The number of carboxylic acids is 1. The molecule has 0 bridgehead atoms. The van der Waals surface area contributed by atoms with Crippen molar-refractivity contribution in [2.24, 2.45) is 0 Å². The predicted octanol–water partition coefficient (Wildman–Crippen LogP) is 2.36. The molecule has 19 heavy (non-hydrogen) atoms. The highest BCUT2D eigenvalue weighted by Gasteiger charge is 2.36. The maximum absolute atomic E-state index is 12.3. The summed E-state index contributed by atoms with van der Waals surface area (Å²) < 4.78 is 0. The molecule has 2 saturated carbocycles. The lowest BCUT2D eigenvalue weighted by Gasteiger charge is -2.36. The lowest BCUT2D eigenvalue weighted by molar-refractivity contribution is -0.137. The number of urea groups is 1. The van der Waals surface area contributed by atoms with Gasteiger partial charge in [0.05, 0.1) is 6.42 Å². The van der Waals surface area contributed by atoms with E-state index >= 15 is 0 Å². The third kappa shape index (κ3) is 4.11. The van der Waals surface area contributed by atoms with Crippen molar-refractivity contribution in [3.8, 4) is 0 Å². The molecule has 0 heterocycles. The number of hydrogen-bond donors (Lipinski definition) is 2. The lowest BCUT2D eigenvalue weighted by atomic mass is 9.83. The van der Waals surface area contributed by atoms with E-state index in [1.165, 1.54) is 6.42 Å². The van der Waals surface area contributed by atoms with Crippen LogP contribution in [0.15, 0.2) is 0 Å². The molecule has 0 radical (unpaired) electrons. The number of amides is 2. The molecule has 0 saturated heterocycles. The number of carboxylic acid groups (broad SMARTS) is 1. The Morgan fingerprint density at radius 1 is 1.26 bits per heavy atom. The monoisotopic (exact) mass is 268 g/mol. The predicted molar refractivity (Wildman–Crippen MR) is 72.0 cm³/mol.